The molecule has 222 valence electrons. The lowest BCUT2D eigenvalue weighted by molar-refractivity contribution is -0.129. The maximum absolute atomic E-state index is 13.8. The van der Waals surface area contributed by atoms with Crippen molar-refractivity contribution in [2.45, 2.75) is 44.4 Å². The monoisotopic (exact) mass is 577 g/mol. The van der Waals surface area contributed by atoms with E-state index < -0.39 is 12.0 Å². The molecule has 0 saturated carbocycles. The summed E-state index contributed by atoms with van der Waals surface area (Å²) < 4.78 is 5.89. The maximum atomic E-state index is 13.8. The molecule has 0 spiro atoms. The van der Waals surface area contributed by atoms with Crippen molar-refractivity contribution in [3.63, 3.8) is 0 Å². The van der Waals surface area contributed by atoms with Crippen molar-refractivity contribution >= 4 is 17.8 Å². The smallest absolute Gasteiger partial charge is 0.243 e. The largest absolute Gasteiger partial charge is 0.489 e. The Kier molecular flexibility index (Phi) is 11.3. The standard InChI is InChI=1S/C35H39N5O3/c1-25(27-19-21-30(22-20-27)43-24-26-12-5-2-6-13-26)39-33(41)31(18-11-23-38-35(36)37)40-34(42)32(28-14-7-3-8-15-28)29-16-9-4-10-17-29/h2-10,12-17,19-22,25,31-32H,11,18,23-24H2,1H3,(H,39,41)(H,40,42)(H4,36,37,38)/t25-,31-/m1/s1. The summed E-state index contributed by atoms with van der Waals surface area (Å²) in [6.07, 6.45) is 0.878. The van der Waals surface area contributed by atoms with Crippen molar-refractivity contribution in [2.75, 3.05) is 6.54 Å². The Hall–Kier alpha value is -5.11. The van der Waals surface area contributed by atoms with Gasteiger partial charge in [-0.05, 0) is 54.2 Å². The van der Waals surface area contributed by atoms with Crippen LogP contribution in [-0.4, -0.2) is 30.4 Å². The summed E-state index contributed by atoms with van der Waals surface area (Å²) in [6, 6.07) is 35.6. The summed E-state index contributed by atoms with van der Waals surface area (Å²) >= 11 is 0. The van der Waals surface area contributed by atoms with E-state index >= 15 is 0 Å². The van der Waals surface area contributed by atoms with Gasteiger partial charge >= 0.3 is 0 Å². The van der Waals surface area contributed by atoms with Gasteiger partial charge in [0.05, 0.1) is 12.0 Å². The lowest BCUT2D eigenvalue weighted by Crippen LogP contribution is -2.48. The molecular formula is C35H39N5O3. The molecule has 0 aromatic heterocycles. The van der Waals surface area contributed by atoms with Crippen LogP contribution in [0.1, 0.15) is 54.0 Å². The third-order valence-electron chi connectivity index (χ3n) is 7.09. The van der Waals surface area contributed by atoms with Crippen LogP contribution in [-0.2, 0) is 16.2 Å². The number of nitrogens with two attached hydrogens (primary N) is 2. The molecule has 0 aliphatic carbocycles. The molecule has 4 rings (SSSR count). The van der Waals surface area contributed by atoms with Crippen molar-refractivity contribution in [3.8, 4) is 5.75 Å². The third-order valence-corrected chi connectivity index (χ3v) is 7.09. The normalized spacial score (nSPS) is 12.1. The number of benzene rings is 4. The fourth-order valence-corrected chi connectivity index (χ4v) is 4.80. The van der Waals surface area contributed by atoms with Crippen LogP contribution in [0.5, 0.6) is 5.75 Å². The summed E-state index contributed by atoms with van der Waals surface area (Å²) in [5.41, 5.74) is 14.6. The zero-order valence-corrected chi connectivity index (χ0v) is 24.4. The highest BCUT2D eigenvalue weighted by Crippen LogP contribution is 2.25. The maximum Gasteiger partial charge on any atom is 0.243 e. The van der Waals surface area contributed by atoms with Gasteiger partial charge in [0.1, 0.15) is 18.4 Å². The van der Waals surface area contributed by atoms with Crippen LogP contribution in [0.3, 0.4) is 0 Å². The number of carbonyl (C=O) groups excluding carboxylic acids is 2. The first-order valence-electron chi connectivity index (χ1n) is 14.4. The molecule has 43 heavy (non-hydrogen) atoms. The minimum absolute atomic E-state index is 0.0110. The second-order valence-electron chi connectivity index (χ2n) is 10.3. The Morgan fingerprint density at radius 3 is 1.84 bits per heavy atom. The number of amides is 2. The number of guanidine groups is 1. The Balaban J connectivity index is 1.45. The van der Waals surface area contributed by atoms with Gasteiger partial charge in [0, 0.05) is 6.54 Å². The van der Waals surface area contributed by atoms with E-state index in [2.05, 4.69) is 15.6 Å². The second-order valence-corrected chi connectivity index (χ2v) is 10.3. The average Bonchev–Trinajstić information content (AvgIpc) is 3.03. The van der Waals surface area contributed by atoms with Gasteiger partial charge in [-0.2, -0.15) is 0 Å². The first-order valence-corrected chi connectivity index (χ1v) is 14.4. The van der Waals surface area contributed by atoms with Gasteiger partial charge in [0.25, 0.3) is 0 Å². The molecule has 6 N–H and O–H groups in total. The van der Waals surface area contributed by atoms with Crippen molar-refractivity contribution in [1.82, 2.24) is 10.6 Å². The zero-order valence-electron chi connectivity index (χ0n) is 24.4. The molecule has 0 unspecified atom stereocenters. The molecule has 0 saturated heterocycles. The van der Waals surface area contributed by atoms with Crippen molar-refractivity contribution in [2.24, 2.45) is 16.5 Å². The highest BCUT2D eigenvalue weighted by Gasteiger charge is 2.28. The molecule has 0 fully saturated rings. The van der Waals surface area contributed by atoms with Gasteiger partial charge in [-0.15, -0.1) is 0 Å². The summed E-state index contributed by atoms with van der Waals surface area (Å²) in [5.74, 6) is -0.384. The summed E-state index contributed by atoms with van der Waals surface area (Å²) in [5, 5.41) is 6.09. The van der Waals surface area contributed by atoms with E-state index in [1.54, 1.807) is 0 Å². The Bertz CT molecular complexity index is 1420. The number of nitrogens with one attached hydrogen (secondary N) is 2. The minimum atomic E-state index is -0.785. The van der Waals surface area contributed by atoms with Gasteiger partial charge in [0.15, 0.2) is 5.96 Å². The Labute approximate surface area is 253 Å². The van der Waals surface area contributed by atoms with Gasteiger partial charge in [-0.3, -0.25) is 14.6 Å². The molecule has 2 amide bonds. The number of aliphatic imine (C=N–C) groups is 1. The van der Waals surface area contributed by atoms with E-state index in [0.29, 0.717) is 26.0 Å². The summed E-state index contributed by atoms with van der Waals surface area (Å²) in [4.78, 5) is 31.4. The van der Waals surface area contributed by atoms with Crippen LogP contribution < -0.4 is 26.8 Å². The zero-order chi connectivity index (χ0) is 30.4. The molecule has 4 aromatic rings. The fraction of sp³-hybridized carbons (Fsp3) is 0.229. The molecule has 4 aromatic carbocycles. The molecule has 0 aliphatic rings. The first-order chi connectivity index (χ1) is 20.9. The molecule has 0 heterocycles. The number of hydrogen-bond donors (Lipinski definition) is 4. The van der Waals surface area contributed by atoms with Gasteiger partial charge in [0.2, 0.25) is 11.8 Å². The predicted molar refractivity (Wildman–Crippen MR) is 170 cm³/mol. The van der Waals surface area contributed by atoms with E-state index in [4.69, 9.17) is 16.2 Å². The van der Waals surface area contributed by atoms with Crippen molar-refractivity contribution in [3.05, 3.63) is 138 Å². The first kappa shape index (κ1) is 30.8. The van der Waals surface area contributed by atoms with Crippen molar-refractivity contribution < 1.29 is 14.3 Å². The third kappa shape index (κ3) is 9.46. The SMILES string of the molecule is C[C@@H](NC(=O)[C@@H](CCCN=C(N)N)NC(=O)C(c1ccccc1)c1ccccc1)c1ccc(OCc2ccccc2)cc1. The molecule has 0 bridgehead atoms. The van der Waals surface area contributed by atoms with E-state index in [0.717, 1.165) is 28.0 Å². The molecule has 0 radical (unpaired) electrons. The van der Waals surface area contributed by atoms with Crippen LogP contribution in [0.2, 0.25) is 0 Å². The molecule has 8 heteroatoms. The van der Waals surface area contributed by atoms with Gasteiger partial charge in [-0.1, -0.05) is 103 Å². The summed E-state index contributed by atoms with van der Waals surface area (Å²) in [6.45, 7) is 2.73. The van der Waals surface area contributed by atoms with Crippen LogP contribution in [0.25, 0.3) is 0 Å². The molecule has 2 atom stereocenters. The topological polar surface area (TPSA) is 132 Å². The number of nitrogens with zero attached hydrogens (tertiary/aromatic N) is 1. The minimum Gasteiger partial charge on any atom is -0.489 e. The number of hydrogen-bond acceptors (Lipinski definition) is 4. The van der Waals surface area contributed by atoms with Gasteiger partial charge in [-0.25, -0.2) is 0 Å². The summed E-state index contributed by atoms with van der Waals surface area (Å²) in [7, 11) is 0. The fourth-order valence-electron chi connectivity index (χ4n) is 4.80. The average molecular weight is 578 g/mol. The lowest BCUT2D eigenvalue weighted by atomic mass is 9.90. The van der Waals surface area contributed by atoms with Crippen LogP contribution in [0.15, 0.2) is 120 Å². The molecule has 0 aliphatic heterocycles. The van der Waals surface area contributed by atoms with Crippen LogP contribution in [0.4, 0.5) is 0 Å². The quantitative estimate of drug-likeness (QED) is 0.0970. The number of ether oxygens (including phenoxy) is 1. The van der Waals surface area contributed by atoms with E-state index in [1.165, 1.54) is 0 Å². The van der Waals surface area contributed by atoms with Crippen molar-refractivity contribution in [1.29, 1.82) is 0 Å². The Morgan fingerprint density at radius 2 is 1.28 bits per heavy atom. The number of rotatable bonds is 14. The Morgan fingerprint density at radius 1 is 0.721 bits per heavy atom. The molecule has 8 nitrogen and oxygen atoms in total. The van der Waals surface area contributed by atoms with Gasteiger partial charge < -0.3 is 26.8 Å². The number of carbonyl (C=O) groups is 2. The van der Waals surface area contributed by atoms with E-state index in [9.17, 15) is 9.59 Å². The van der Waals surface area contributed by atoms with Crippen LogP contribution in [0, 0.1) is 0 Å². The second kappa shape index (κ2) is 15.8. The highest BCUT2D eigenvalue weighted by molar-refractivity contribution is 5.92. The van der Waals surface area contributed by atoms with E-state index in [1.807, 2.05) is 122 Å². The van der Waals surface area contributed by atoms with E-state index in [-0.39, 0.29) is 23.8 Å². The predicted octanol–water partition coefficient (Wildman–Crippen LogP) is 4.81. The highest BCUT2D eigenvalue weighted by atomic mass is 16.5. The van der Waals surface area contributed by atoms with Crippen LogP contribution >= 0.6 is 0 Å². The lowest BCUT2D eigenvalue weighted by Gasteiger charge is -2.25. The molecular weight excluding hydrogens is 538 g/mol.